The van der Waals surface area contributed by atoms with Crippen molar-refractivity contribution in [2.75, 3.05) is 42.3 Å². The van der Waals surface area contributed by atoms with Gasteiger partial charge in [0.05, 0.1) is 19.3 Å². The molecule has 0 unspecified atom stereocenters. The lowest BCUT2D eigenvalue weighted by atomic mass is 10.2. The van der Waals surface area contributed by atoms with E-state index in [1.54, 1.807) is 24.4 Å². The first-order valence-corrected chi connectivity index (χ1v) is 10.7. The predicted octanol–water partition coefficient (Wildman–Crippen LogP) is 3.29. The maximum Gasteiger partial charge on any atom is 0.238 e. The summed E-state index contributed by atoms with van der Waals surface area (Å²) in [5.74, 6) is 0.902. The Morgan fingerprint density at radius 1 is 1.03 bits per heavy atom. The highest BCUT2D eigenvalue weighted by atomic mass is 16.5. The Bertz CT molecular complexity index is 1020. The highest BCUT2D eigenvalue weighted by molar-refractivity contribution is 5.92. The molecule has 1 saturated heterocycles. The van der Waals surface area contributed by atoms with Gasteiger partial charge in [-0.1, -0.05) is 30.3 Å². The zero-order chi connectivity index (χ0) is 23.1. The van der Waals surface area contributed by atoms with E-state index in [4.69, 9.17) is 10.00 Å². The van der Waals surface area contributed by atoms with Gasteiger partial charge in [-0.3, -0.25) is 4.79 Å². The number of para-hydroxylation sites is 1. The number of nitriles is 1. The number of nitrogens with one attached hydrogen (secondary N) is 4. The van der Waals surface area contributed by atoms with Crippen molar-refractivity contribution < 1.29 is 9.53 Å². The van der Waals surface area contributed by atoms with Crippen molar-refractivity contribution in [3.8, 4) is 6.07 Å². The largest absolute Gasteiger partial charge is 0.379 e. The van der Waals surface area contributed by atoms with Crippen molar-refractivity contribution >= 4 is 29.0 Å². The molecule has 2 heterocycles. The minimum absolute atomic E-state index is 0.156. The van der Waals surface area contributed by atoms with Gasteiger partial charge in [0.1, 0.15) is 12.2 Å². The minimum Gasteiger partial charge on any atom is -0.379 e. The minimum atomic E-state index is -0.317. The Hall–Kier alpha value is -4.00. The van der Waals surface area contributed by atoms with E-state index in [1.807, 2.05) is 48.5 Å². The third-order valence-corrected chi connectivity index (χ3v) is 4.48. The van der Waals surface area contributed by atoms with Crippen LogP contribution in [0.3, 0.4) is 0 Å². The summed E-state index contributed by atoms with van der Waals surface area (Å²) in [5, 5.41) is 20.7. The van der Waals surface area contributed by atoms with Crippen LogP contribution < -0.4 is 21.3 Å². The van der Waals surface area contributed by atoms with Gasteiger partial charge in [-0.25, -0.2) is 4.98 Å². The number of amides is 1. The maximum atomic E-state index is 11.4. The SMILES string of the molecule is C1COCCN1.N#CCC(=O)Nc1ccc(CNc2ccnc(Nc3ccccc3)n2)cc1. The van der Waals surface area contributed by atoms with E-state index in [2.05, 4.69) is 31.2 Å². The number of hydrogen-bond acceptors (Lipinski definition) is 8. The van der Waals surface area contributed by atoms with E-state index in [1.165, 1.54) is 0 Å². The van der Waals surface area contributed by atoms with Crippen LogP contribution in [0.25, 0.3) is 0 Å². The Balaban J connectivity index is 0.000000442. The molecule has 0 radical (unpaired) electrons. The number of benzene rings is 2. The lowest BCUT2D eigenvalue weighted by molar-refractivity contribution is -0.115. The summed E-state index contributed by atoms with van der Waals surface area (Å²) in [6, 6.07) is 20.7. The van der Waals surface area contributed by atoms with Crippen molar-refractivity contribution in [3.63, 3.8) is 0 Å². The van der Waals surface area contributed by atoms with E-state index in [9.17, 15) is 4.79 Å². The summed E-state index contributed by atoms with van der Waals surface area (Å²) < 4.78 is 5.01. The lowest BCUT2D eigenvalue weighted by Gasteiger charge is -2.10. The van der Waals surface area contributed by atoms with Crippen LogP contribution in [-0.2, 0) is 16.1 Å². The smallest absolute Gasteiger partial charge is 0.238 e. The van der Waals surface area contributed by atoms with Gasteiger partial charge in [0.15, 0.2) is 0 Å². The van der Waals surface area contributed by atoms with Crippen LogP contribution in [0.4, 0.5) is 23.1 Å². The molecule has 0 aliphatic carbocycles. The fourth-order valence-corrected chi connectivity index (χ4v) is 2.86. The number of aromatic nitrogens is 2. The molecule has 1 aliphatic rings. The number of rotatable bonds is 7. The molecule has 170 valence electrons. The van der Waals surface area contributed by atoms with Gasteiger partial charge in [-0.15, -0.1) is 0 Å². The standard InChI is InChI=1S/C20H18N6O.C4H9NO/c21-12-10-19(27)24-17-8-6-15(7-9-17)14-23-18-11-13-22-20(26-18)25-16-4-2-1-3-5-16;1-3-6-4-2-5-1/h1-9,11,13H,10,14H2,(H,24,27)(H2,22,23,25,26);5H,1-4H2. The molecule has 0 saturated carbocycles. The molecule has 2 aromatic carbocycles. The van der Waals surface area contributed by atoms with E-state index >= 15 is 0 Å². The molecule has 3 aromatic rings. The van der Waals surface area contributed by atoms with Gasteiger partial charge in [0.2, 0.25) is 11.9 Å². The third kappa shape index (κ3) is 8.95. The van der Waals surface area contributed by atoms with Crippen molar-refractivity contribution in [1.29, 1.82) is 5.26 Å². The van der Waals surface area contributed by atoms with Gasteiger partial charge in [-0.05, 0) is 35.9 Å². The van der Waals surface area contributed by atoms with Crippen molar-refractivity contribution in [2.45, 2.75) is 13.0 Å². The third-order valence-electron chi connectivity index (χ3n) is 4.48. The molecule has 9 nitrogen and oxygen atoms in total. The van der Waals surface area contributed by atoms with Crippen LogP contribution in [0.1, 0.15) is 12.0 Å². The van der Waals surface area contributed by atoms with Crippen LogP contribution in [0.2, 0.25) is 0 Å². The summed E-state index contributed by atoms with van der Waals surface area (Å²) in [6.45, 7) is 4.41. The van der Waals surface area contributed by atoms with E-state index in [0.29, 0.717) is 24.0 Å². The second kappa shape index (κ2) is 13.4. The monoisotopic (exact) mass is 445 g/mol. The highest BCUT2D eigenvalue weighted by Crippen LogP contribution is 2.15. The second-order valence-electron chi connectivity index (χ2n) is 7.05. The summed E-state index contributed by atoms with van der Waals surface area (Å²) in [5.41, 5.74) is 2.61. The zero-order valence-corrected chi connectivity index (χ0v) is 18.3. The van der Waals surface area contributed by atoms with Gasteiger partial charge >= 0.3 is 0 Å². The Kier molecular flexibility index (Phi) is 9.62. The number of carbonyl (C=O) groups is 1. The summed E-state index contributed by atoms with van der Waals surface area (Å²) in [7, 11) is 0. The number of carbonyl (C=O) groups excluding carboxylic acids is 1. The molecule has 1 aliphatic heterocycles. The number of anilines is 4. The lowest BCUT2D eigenvalue weighted by Crippen LogP contribution is -2.30. The highest BCUT2D eigenvalue weighted by Gasteiger charge is 2.03. The fourth-order valence-electron chi connectivity index (χ4n) is 2.86. The number of morpholine rings is 1. The van der Waals surface area contributed by atoms with Crippen molar-refractivity contribution in [2.24, 2.45) is 0 Å². The number of ether oxygens (including phenoxy) is 1. The summed E-state index contributed by atoms with van der Waals surface area (Å²) in [6.07, 6.45) is 1.53. The van der Waals surface area contributed by atoms with Gasteiger partial charge < -0.3 is 26.0 Å². The molecule has 1 fully saturated rings. The second-order valence-corrected chi connectivity index (χ2v) is 7.05. The van der Waals surface area contributed by atoms with Gasteiger partial charge in [0, 0.05) is 37.2 Å². The van der Waals surface area contributed by atoms with E-state index in [-0.39, 0.29) is 12.3 Å². The fraction of sp³-hybridized carbons (Fsp3) is 0.250. The normalized spacial score (nSPS) is 12.5. The quantitative estimate of drug-likeness (QED) is 0.437. The average Bonchev–Trinajstić information content (AvgIpc) is 2.86. The first-order valence-electron chi connectivity index (χ1n) is 10.7. The number of nitrogens with zero attached hydrogens (tertiary/aromatic N) is 3. The molecule has 4 N–H and O–H groups in total. The van der Waals surface area contributed by atoms with Crippen LogP contribution in [0, 0.1) is 11.3 Å². The maximum absolute atomic E-state index is 11.4. The van der Waals surface area contributed by atoms with E-state index < -0.39 is 0 Å². The zero-order valence-electron chi connectivity index (χ0n) is 18.3. The van der Waals surface area contributed by atoms with Crippen molar-refractivity contribution in [1.82, 2.24) is 15.3 Å². The Morgan fingerprint density at radius 3 is 2.42 bits per heavy atom. The summed E-state index contributed by atoms with van der Waals surface area (Å²) >= 11 is 0. The first kappa shape index (κ1) is 23.7. The van der Waals surface area contributed by atoms with Gasteiger partial charge in [0.25, 0.3) is 0 Å². The molecule has 1 amide bonds. The predicted molar refractivity (Wildman–Crippen MR) is 128 cm³/mol. The van der Waals surface area contributed by atoms with E-state index in [0.717, 1.165) is 37.6 Å². The molecule has 0 bridgehead atoms. The first-order chi connectivity index (χ1) is 16.2. The average molecular weight is 446 g/mol. The molecule has 1 aromatic heterocycles. The molecule has 0 atom stereocenters. The van der Waals surface area contributed by atoms with Crippen molar-refractivity contribution in [3.05, 3.63) is 72.4 Å². The Labute approximate surface area is 193 Å². The summed E-state index contributed by atoms with van der Waals surface area (Å²) in [4.78, 5) is 20.1. The van der Waals surface area contributed by atoms with Gasteiger partial charge in [-0.2, -0.15) is 10.2 Å². The molecule has 4 rings (SSSR count). The Morgan fingerprint density at radius 2 is 1.79 bits per heavy atom. The molecular weight excluding hydrogens is 418 g/mol. The molecular formula is C24H27N7O2. The molecule has 0 spiro atoms. The topological polar surface area (TPSA) is 124 Å². The molecule has 33 heavy (non-hydrogen) atoms. The van der Waals surface area contributed by atoms with Crippen LogP contribution in [0.15, 0.2) is 66.9 Å². The van der Waals surface area contributed by atoms with Crippen LogP contribution in [-0.4, -0.2) is 42.2 Å². The van der Waals surface area contributed by atoms with Crippen LogP contribution in [0.5, 0.6) is 0 Å². The van der Waals surface area contributed by atoms with Crippen LogP contribution >= 0.6 is 0 Å². The molecule has 9 heteroatoms. The number of hydrogen-bond donors (Lipinski definition) is 4.